The second kappa shape index (κ2) is 8.14. The van der Waals surface area contributed by atoms with Crippen molar-refractivity contribution in [1.29, 1.82) is 0 Å². The molecular weight excluding hydrogens is 396 g/mol. The number of likely N-dealkylation sites (N-methyl/N-ethyl adjacent to an activating group) is 1. The van der Waals surface area contributed by atoms with Gasteiger partial charge in [0, 0.05) is 30.1 Å². The van der Waals surface area contributed by atoms with Gasteiger partial charge in [-0.3, -0.25) is 4.90 Å². The predicted molar refractivity (Wildman–Crippen MR) is 115 cm³/mol. The van der Waals surface area contributed by atoms with E-state index in [0.717, 1.165) is 57.3 Å². The summed E-state index contributed by atoms with van der Waals surface area (Å²) in [4.78, 5) is 18.1. The molecule has 8 heteroatoms. The summed E-state index contributed by atoms with van der Waals surface area (Å²) in [5.41, 5.74) is 5.58. The lowest BCUT2D eigenvalue weighted by Crippen LogP contribution is -3.18. The van der Waals surface area contributed by atoms with Crippen LogP contribution in [0.2, 0.25) is 0 Å². The highest BCUT2D eigenvalue weighted by molar-refractivity contribution is 5.90. The van der Waals surface area contributed by atoms with Crippen LogP contribution in [0.15, 0.2) is 16.1 Å². The van der Waals surface area contributed by atoms with Gasteiger partial charge in [0.1, 0.15) is 5.60 Å². The number of piperidine rings is 1. The van der Waals surface area contributed by atoms with Gasteiger partial charge in [-0.15, -0.1) is 0 Å². The fourth-order valence-electron chi connectivity index (χ4n) is 7.96. The maximum Gasteiger partial charge on any atom is 0.293 e. The van der Waals surface area contributed by atoms with Crippen LogP contribution >= 0.6 is 0 Å². The Hall–Kier alpha value is -1.48. The summed E-state index contributed by atoms with van der Waals surface area (Å²) in [7, 11) is 3.41. The lowest BCUT2D eigenvalue weighted by Gasteiger charge is -2.57. The summed E-state index contributed by atoms with van der Waals surface area (Å²) in [6.07, 6.45) is 5.37. The summed E-state index contributed by atoms with van der Waals surface area (Å²) in [6, 6.07) is 0. The summed E-state index contributed by atoms with van der Waals surface area (Å²) in [5.74, 6) is 0.123. The summed E-state index contributed by atoms with van der Waals surface area (Å²) < 4.78 is 5.31. The highest BCUT2D eigenvalue weighted by Crippen LogP contribution is 2.75. The van der Waals surface area contributed by atoms with Crippen molar-refractivity contribution in [3.8, 4) is 0 Å². The van der Waals surface area contributed by atoms with Crippen molar-refractivity contribution in [3.05, 3.63) is 11.1 Å². The van der Waals surface area contributed by atoms with Crippen molar-refractivity contribution in [2.24, 2.45) is 33.4 Å². The van der Waals surface area contributed by atoms with Crippen molar-refractivity contribution in [2.75, 3.05) is 46.9 Å². The van der Waals surface area contributed by atoms with Crippen LogP contribution in [0.5, 0.6) is 0 Å². The molecule has 4 rings (SSSR count). The van der Waals surface area contributed by atoms with E-state index in [1.165, 1.54) is 12.0 Å². The van der Waals surface area contributed by atoms with Gasteiger partial charge in [0.25, 0.3) is 5.96 Å². The van der Waals surface area contributed by atoms with Crippen LogP contribution in [-0.4, -0.2) is 69.6 Å². The third kappa shape index (κ3) is 3.17. The molecule has 4 aliphatic rings. The number of methoxy groups -OCH3 is 1. The van der Waals surface area contributed by atoms with Gasteiger partial charge in [-0.05, 0) is 57.4 Å². The zero-order valence-electron chi connectivity index (χ0n) is 19.1. The van der Waals surface area contributed by atoms with E-state index in [2.05, 4.69) is 17.2 Å². The van der Waals surface area contributed by atoms with Gasteiger partial charge >= 0.3 is 0 Å². The van der Waals surface area contributed by atoms with Crippen LogP contribution in [0.25, 0.3) is 0 Å². The quantitative estimate of drug-likeness (QED) is 0.228. The molecule has 1 heterocycles. The molecule has 2 saturated carbocycles. The Balaban J connectivity index is 1.78. The van der Waals surface area contributed by atoms with Gasteiger partial charge < -0.3 is 30.8 Å². The van der Waals surface area contributed by atoms with Gasteiger partial charge in [0.05, 0.1) is 32.2 Å². The number of nitrogens with zero attached hydrogens (tertiary/aromatic N) is 1. The standard InChI is InChI=1S/C23H38N4O4/c1-15-5-6-16-11-17-18(19(28)29)22(30,14-31-3)12-23(15,17)21(16)7-4-10-27(13-21)20(24)26-9-8-25-2/h15-16,25,30H,4-14H2,1-3H3,(H2,24,26)(H,28,29). The average Bonchev–Trinajstić information content (AvgIpc) is 3.05. The molecule has 0 aromatic heterocycles. The molecule has 6 unspecified atom stereocenters. The number of carboxylic acid groups (broad SMARTS) is 1. The Morgan fingerprint density at radius 1 is 1.45 bits per heavy atom. The number of nitrogens with two attached hydrogens (primary N) is 1. The molecule has 2 bridgehead atoms. The molecule has 5 N–H and O–H groups in total. The molecular formula is C23H38N4O4. The van der Waals surface area contributed by atoms with E-state index in [1.54, 1.807) is 0 Å². The molecule has 1 aliphatic heterocycles. The van der Waals surface area contributed by atoms with Crippen LogP contribution in [0.3, 0.4) is 0 Å². The van der Waals surface area contributed by atoms with Gasteiger partial charge in [-0.2, -0.15) is 0 Å². The van der Waals surface area contributed by atoms with Crippen molar-refractivity contribution >= 4 is 11.9 Å². The molecule has 0 aromatic carbocycles. The molecule has 6 atom stereocenters. The molecule has 3 fully saturated rings. The number of hydrogen-bond acceptors (Lipinski definition) is 6. The number of carboxylic acids is 1. The second-order valence-electron chi connectivity index (χ2n) is 10.3. The van der Waals surface area contributed by atoms with Gasteiger partial charge in [0.2, 0.25) is 0 Å². The highest BCUT2D eigenvalue weighted by Gasteiger charge is 2.73. The maximum atomic E-state index is 12.3. The van der Waals surface area contributed by atoms with Gasteiger partial charge in [-0.25, -0.2) is 4.99 Å². The fourth-order valence-corrected chi connectivity index (χ4v) is 7.96. The molecule has 8 nitrogen and oxygen atoms in total. The summed E-state index contributed by atoms with van der Waals surface area (Å²) in [6.45, 7) is 5.46. The first-order valence-electron chi connectivity index (χ1n) is 11.7. The lowest BCUT2D eigenvalue weighted by molar-refractivity contribution is -0.826. The maximum absolute atomic E-state index is 12.3. The molecule has 174 valence electrons. The zero-order valence-corrected chi connectivity index (χ0v) is 19.1. The minimum atomic E-state index is -1.49. The monoisotopic (exact) mass is 434 g/mol. The number of aliphatic carboxylic acids is 1. The van der Waals surface area contributed by atoms with Crippen LogP contribution < -0.4 is 21.1 Å². The van der Waals surface area contributed by atoms with Crippen molar-refractivity contribution in [2.45, 2.75) is 51.0 Å². The van der Waals surface area contributed by atoms with Crippen LogP contribution in [-0.2, 0) is 9.53 Å². The van der Waals surface area contributed by atoms with E-state index in [0.29, 0.717) is 30.8 Å². The number of quaternary nitrogens is 1. The van der Waals surface area contributed by atoms with E-state index < -0.39 is 11.6 Å². The minimum Gasteiger partial charge on any atom is -0.545 e. The molecule has 2 spiro atoms. The Labute approximate surface area is 184 Å². The van der Waals surface area contributed by atoms with Crippen molar-refractivity contribution in [1.82, 2.24) is 5.32 Å². The topological polar surface area (TPSA) is 124 Å². The van der Waals surface area contributed by atoms with E-state index >= 15 is 0 Å². The van der Waals surface area contributed by atoms with Crippen LogP contribution in [0, 0.1) is 22.7 Å². The number of carbonyl (C=O) groups excluding carboxylic acids is 1. The number of hydrogen-bond donors (Lipinski definition) is 4. The number of aliphatic imine (C=N–C) groups is 1. The number of nitrogens with one attached hydrogen (secondary N) is 2. The molecule has 0 amide bonds. The van der Waals surface area contributed by atoms with E-state index in [1.807, 2.05) is 7.05 Å². The zero-order chi connectivity index (χ0) is 22.4. The minimum absolute atomic E-state index is 0.0147. The number of carbonyl (C=O) groups is 1. The number of rotatable bonds is 6. The lowest BCUT2D eigenvalue weighted by atomic mass is 9.48. The molecule has 0 aromatic rings. The van der Waals surface area contributed by atoms with Gasteiger partial charge in [0.15, 0.2) is 0 Å². The number of allylic oxidation sites excluding steroid dienone is 1. The Morgan fingerprint density at radius 3 is 2.90 bits per heavy atom. The average molecular weight is 435 g/mol. The Morgan fingerprint density at radius 2 is 2.23 bits per heavy atom. The first kappa shape index (κ1) is 22.7. The first-order chi connectivity index (χ1) is 14.8. The molecule has 0 radical (unpaired) electrons. The second-order valence-corrected chi connectivity index (χ2v) is 10.3. The fraction of sp³-hybridized carbons (Fsp3) is 0.826. The van der Waals surface area contributed by atoms with E-state index in [-0.39, 0.29) is 23.0 Å². The number of likely N-dealkylation sites (tertiary alicyclic amines) is 1. The third-order valence-electron chi connectivity index (χ3n) is 9.01. The first-order valence-corrected chi connectivity index (χ1v) is 11.7. The smallest absolute Gasteiger partial charge is 0.293 e. The largest absolute Gasteiger partial charge is 0.545 e. The van der Waals surface area contributed by atoms with E-state index in [4.69, 9.17) is 10.5 Å². The number of guanidine groups is 1. The van der Waals surface area contributed by atoms with Gasteiger partial charge in [-0.1, -0.05) is 12.5 Å². The summed E-state index contributed by atoms with van der Waals surface area (Å²) >= 11 is 0. The van der Waals surface area contributed by atoms with Crippen molar-refractivity contribution < 1.29 is 24.6 Å². The van der Waals surface area contributed by atoms with E-state index in [9.17, 15) is 15.0 Å². The molecule has 1 saturated heterocycles. The predicted octanol–water partition coefficient (Wildman–Crippen LogP) is -1.55. The molecule has 3 aliphatic carbocycles. The highest BCUT2D eigenvalue weighted by atomic mass is 16.5. The number of aliphatic hydroxyl groups is 1. The third-order valence-corrected chi connectivity index (χ3v) is 9.01. The Kier molecular flexibility index (Phi) is 5.96. The van der Waals surface area contributed by atoms with Crippen molar-refractivity contribution in [3.63, 3.8) is 0 Å². The Bertz CT molecular complexity index is 798. The van der Waals surface area contributed by atoms with Crippen LogP contribution in [0.4, 0.5) is 0 Å². The number of ether oxygens (including phenoxy) is 1. The van der Waals surface area contributed by atoms with Crippen LogP contribution in [0.1, 0.15) is 45.4 Å². The SMILES string of the molecule is CNCCN=C(N)[NH+]1CCCC2(C1)C1CCC(C)C23CC(O)(COC)C(C(=O)[O-])=C3C1. The normalized spacial score (nSPS) is 42.3. The summed E-state index contributed by atoms with van der Waals surface area (Å²) in [5, 5.41) is 26.9. The molecule has 31 heavy (non-hydrogen) atoms.